The Kier molecular flexibility index (Phi) is 10.6. The zero-order valence-electron chi connectivity index (χ0n) is 22.6. The minimum absolute atomic E-state index is 0. The maximum Gasteiger partial charge on any atom is 0.408 e. The van der Waals surface area contributed by atoms with Crippen LogP contribution in [-0.2, 0) is 14.1 Å². The highest BCUT2D eigenvalue weighted by Gasteiger charge is 2.15. The molecular weight excluding hydrogens is 512 g/mol. The van der Waals surface area contributed by atoms with Crippen molar-refractivity contribution in [3.8, 4) is 0 Å². The molecule has 0 unspecified atom stereocenters. The Bertz CT molecular complexity index is 1210. The quantitative estimate of drug-likeness (QED) is 0.144. The second kappa shape index (κ2) is 13.9. The van der Waals surface area contributed by atoms with Crippen molar-refractivity contribution in [1.29, 1.82) is 0 Å². The Labute approximate surface area is 234 Å². The molecule has 8 nitrogen and oxygen atoms in total. The topological polar surface area (TPSA) is 63.7 Å². The lowest BCUT2D eigenvalue weighted by Crippen LogP contribution is -2.36. The molecule has 0 amide bonds. The second-order valence-electron chi connectivity index (χ2n) is 8.71. The first-order valence-electron chi connectivity index (χ1n) is 12.1. The van der Waals surface area contributed by atoms with Gasteiger partial charge in [0.25, 0.3) is 0 Å². The number of benzene rings is 2. The summed E-state index contributed by atoms with van der Waals surface area (Å²) in [5.74, 6) is 0. The second-order valence-corrected chi connectivity index (χ2v) is 10.5. The van der Waals surface area contributed by atoms with E-state index in [2.05, 4.69) is 78.8 Å². The number of thiazole rings is 2. The van der Waals surface area contributed by atoms with E-state index in [0.717, 1.165) is 60.7 Å². The van der Waals surface area contributed by atoms with Gasteiger partial charge < -0.3 is 24.7 Å². The van der Waals surface area contributed by atoms with Crippen LogP contribution < -0.4 is 18.9 Å². The molecule has 1 aliphatic heterocycles. The molecular formula is C28H36N8S2. The first-order valence-corrected chi connectivity index (χ1v) is 13.8. The van der Waals surface area contributed by atoms with E-state index in [9.17, 15) is 0 Å². The fourth-order valence-corrected chi connectivity index (χ4v) is 5.51. The highest BCUT2D eigenvalue weighted by molar-refractivity contribution is 7.13. The molecule has 3 heterocycles. The Hall–Kier alpha value is -3.50. The normalized spacial score (nSPS) is 14.3. The number of hydrogen-bond acceptors (Lipinski definition) is 8. The molecule has 0 N–H and O–H groups in total. The summed E-state index contributed by atoms with van der Waals surface area (Å²) >= 11 is 3.16. The van der Waals surface area contributed by atoms with E-state index in [4.69, 9.17) is 0 Å². The summed E-state index contributed by atoms with van der Waals surface area (Å²) in [5, 5.41) is 23.3. The van der Waals surface area contributed by atoms with Crippen LogP contribution in [-0.4, -0.2) is 26.2 Å². The van der Waals surface area contributed by atoms with Crippen LogP contribution in [0.4, 0.5) is 33.0 Å². The summed E-state index contributed by atoms with van der Waals surface area (Å²) in [6.45, 7) is 4.14. The van der Waals surface area contributed by atoms with Crippen molar-refractivity contribution in [2.24, 2.45) is 34.6 Å². The smallest absolute Gasteiger partial charge is 0.371 e. The SMILES string of the molecule is C[n+]1ccsc1N=Nc1ccc(N2CCCN(c3ccc(N=Nc4scc[n+]4C)cc3)CCC2)cc1.[CH3-].[CH3-]. The number of azo groups is 2. The molecule has 2 aromatic carbocycles. The minimum Gasteiger partial charge on any atom is -0.371 e. The van der Waals surface area contributed by atoms with Crippen LogP contribution in [0.3, 0.4) is 0 Å². The third kappa shape index (κ3) is 7.29. The summed E-state index contributed by atoms with van der Waals surface area (Å²) in [6, 6.07) is 16.8. The number of anilines is 2. The molecule has 1 saturated heterocycles. The van der Waals surface area contributed by atoms with Crippen molar-refractivity contribution in [3.63, 3.8) is 0 Å². The van der Waals surface area contributed by atoms with Crippen molar-refractivity contribution in [2.75, 3.05) is 36.0 Å². The molecule has 0 atom stereocenters. The Morgan fingerprint density at radius 3 is 1.26 bits per heavy atom. The third-order valence-electron chi connectivity index (χ3n) is 6.16. The van der Waals surface area contributed by atoms with Gasteiger partial charge in [-0.15, -0.1) is 0 Å². The minimum atomic E-state index is 0. The third-order valence-corrected chi connectivity index (χ3v) is 7.84. The molecule has 0 spiro atoms. The molecule has 1 aliphatic rings. The predicted molar refractivity (Wildman–Crippen MR) is 159 cm³/mol. The largest absolute Gasteiger partial charge is 0.408 e. The molecule has 1 fully saturated rings. The van der Waals surface area contributed by atoms with Crippen molar-refractivity contribution in [3.05, 3.63) is 86.5 Å². The standard InChI is InChI=1S/C26H30N8S2.2CH3/c1-31-17-19-35-25(31)29-27-21-5-9-23(10-6-21)33-13-3-15-34(16-4-14-33)24-11-7-22(8-12-24)28-30-26-32(2)18-20-36-26;;/h5-12,17-20H,3-4,13-16H2,1-2H3;2*1H3/q+2;2*-1. The first kappa shape index (κ1) is 29.1. The number of aromatic nitrogens is 2. The fraction of sp³-hybridized carbons (Fsp3) is 0.286. The van der Waals surface area contributed by atoms with Gasteiger partial charge in [-0.2, -0.15) is 0 Å². The van der Waals surface area contributed by atoms with E-state index >= 15 is 0 Å². The van der Waals surface area contributed by atoms with Gasteiger partial charge in [-0.1, -0.05) is 0 Å². The molecule has 200 valence electrons. The van der Waals surface area contributed by atoms with Gasteiger partial charge in [-0.05, 0) is 94.3 Å². The summed E-state index contributed by atoms with van der Waals surface area (Å²) in [6.07, 6.45) is 6.18. The van der Waals surface area contributed by atoms with E-state index in [-0.39, 0.29) is 14.9 Å². The summed E-state index contributed by atoms with van der Waals surface area (Å²) in [7, 11) is 3.96. The Morgan fingerprint density at radius 1 is 0.579 bits per heavy atom. The molecule has 0 aliphatic carbocycles. The highest BCUT2D eigenvalue weighted by Crippen LogP contribution is 2.26. The first-order chi connectivity index (χ1) is 17.7. The Morgan fingerprint density at radius 2 is 0.947 bits per heavy atom. The number of rotatable bonds is 6. The van der Waals surface area contributed by atoms with Gasteiger partial charge in [0.15, 0.2) is 0 Å². The highest BCUT2D eigenvalue weighted by atomic mass is 32.1. The maximum absolute atomic E-state index is 4.38. The van der Waals surface area contributed by atoms with Crippen LogP contribution in [0.15, 0.2) is 92.1 Å². The van der Waals surface area contributed by atoms with Crippen LogP contribution in [0.5, 0.6) is 0 Å². The summed E-state index contributed by atoms with van der Waals surface area (Å²) in [4.78, 5) is 4.96. The lowest BCUT2D eigenvalue weighted by Gasteiger charge is -2.33. The van der Waals surface area contributed by atoms with Crippen molar-refractivity contribution >= 4 is 55.7 Å². The Balaban J connectivity index is 0.00000200. The molecule has 5 rings (SSSR count). The number of nitrogens with zero attached hydrogens (tertiary/aromatic N) is 8. The lowest BCUT2D eigenvalue weighted by atomic mass is 10.2. The van der Waals surface area contributed by atoms with Gasteiger partial charge >= 0.3 is 10.3 Å². The van der Waals surface area contributed by atoms with Crippen LogP contribution >= 0.6 is 22.7 Å². The van der Waals surface area contributed by atoms with Gasteiger partial charge in [0, 0.05) is 48.3 Å². The van der Waals surface area contributed by atoms with E-state index < -0.39 is 0 Å². The fourth-order valence-electron chi connectivity index (χ4n) is 4.15. The molecule has 10 heteroatoms. The molecule has 0 bridgehead atoms. The summed E-state index contributed by atoms with van der Waals surface area (Å²) in [5.41, 5.74) is 4.24. The monoisotopic (exact) mass is 548 g/mol. The maximum atomic E-state index is 4.38. The van der Waals surface area contributed by atoms with Gasteiger partial charge in [0.1, 0.15) is 23.8 Å². The van der Waals surface area contributed by atoms with E-state index in [1.807, 2.05) is 46.4 Å². The van der Waals surface area contributed by atoms with Crippen LogP contribution in [0.25, 0.3) is 0 Å². The van der Waals surface area contributed by atoms with Gasteiger partial charge in [0.2, 0.25) is 0 Å². The molecule has 4 aromatic rings. The van der Waals surface area contributed by atoms with E-state index in [1.165, 1.54) is 11.4 Å². The van der Waals surface area contributed by atoms with Crippen LogP contribution in [0.2, 0.25) is 0 Å². The van der Waals surface area contributed by atoms with Crippen LogP contribution in [0, 0.1) is 14.9 Å². The zero-order chi connectivity index (χ0) is 24.7. The van der Waals surface area contributed by atoms with E-state index in [1.54, 1.807) is 22.7 Å². The zero-order valence-corrected chi connectivity index (χ0v) is 24.2. The summed E-state index contributed by atoms with van der Waals surface area (Å²) < 4.78 is 3.94. The van der Waals surface area contributed by atoms with Crippen molar-refractivity contribution < 1.29 is 9.13 Å². The van der Waals surface area contributed by atoms with Gasteiger partial charge in [-0.3, -0.25) is 0 Å². The molecule has 2 aromatic heterocycles. The molecule has 38 heavy (non-hydrogen) atoms. The van der Waals surface area contributed by atoms with Gasteiger partial charge in [-0.25, -0.2) is 9.13 Å². The molecule has 0 radical (unpaired) electrons. The van der Waals surface area contributed by atoms with E-state index in [0.29, 0.717) is 0 Å². The average Bonchev–Trinajstić information content (AvgIpc) is 3.49. The lowest BCUT2D eigenvalue weighted by molar-refractivity contribution is -0.654. The van der Waals surface area contributed by atoms with Gasteiger partial charge in [0.05, 0.1) is 24.3 Å². The average molecular weight is 549 g/mol. The molecule has 0 saturated carbocycles. The number of hydrogen-bond donors (Lipinski definition) is 0. The van der Waals surface area contributed by atoms with Crippen molar-refractivity contribution in [2.45, 2.75) is 12.8 Å². The number of aryl methyl sites for hydroxylation is 2. The van der Waals surface area contributed by atoms with Crippen LogP contribution in [0.1, 0.15) is 12.8 Å². The van der Waals surface area contributed by atoms with Crippen molar-refractivity contribution in [1.82, 2.24) is 0 Å². The predicted octanol–water partition coefficient (Wildman–Crippen LogP) is 7.30.